The molecule has 11 nitrogen and oxygen atoms in total. The standard InChI is InChI=1S/C24H21N3O8S4/c1-11(2)12(7-15-25(8-16(28)29)13-5-3-4-6-14(13)37-15)19-21(34)26(9-17(30)31)23(38-19)20-22(35)27(10-18(32)33)24(36)39-20/h3-7,11H,8-10H2,1-2H3,(H,28,29)(H,30,31)(H,32,33)/b15-7-,19-12-,23-20-. The quantitative estimate of drug-likeness (QED) is 0.371. The van der Waals surface area contributed by atoms with E-state index in [0.29, 0.717) is 16.3 Å². The number of rotatable bonds is 8. The van der Waals surface area contributed by atoms with Crippen molar-refractivity contribution in [2.45, 2.75) is 25.3 Å². The molecule has 0 saturated carbocycles. The Morgan fingerprint density at radius 3 is 2.18 bits per heavy atom. The van der Waals surface area contributed by atoms with Crippen LogP contribution in [0, 0.1) is 5.92 Å². The predicted octanol–water partition coefficient (Wildman–Crippen LogP) is 1.39. The highest BCUT2D eigenvalue weighted by Crippen LogP contribution is 2.46. The number of carbonyl (C=O) groups excluding carboxylic acids is 1. The summed E-state index contributed by atoms with van der Waals surface area (Å²) in [6.45, 7) is 1.99. The van der Waals surface area contributed by atoms with E-state index >= 15 is 0 Å². The largest absolute Gasteiger partial charge is 0.480 e. The van der Waals surface area contributed by atoms with Crippen LogP contribution in [-0.2, 0) is 25.7 Å². The minimum absolute atomic E-state index is 0.0127. The van der Waals surface area contributed by atoms with Crippen LogP contribution in [0.3, 0.4) is 0 Å². The van der Waals surface area contributed by atoms with Crippen molar-refractivity contribution in [3.05, 3.63) is 54.9 Å². The van der Waals surface area contributed by atoms with Crippen LogP contribution < -0.4 is 19.7 Å². The highest BCUT2D eigenvalue weighted by molar-refractivity contribution is 8.30. The van der Waals surface area contributed by atoms with Crippen LogP contribution in [0.5, 0.6) is 0 Å². The summed E-state index contributed by atoms with van der Waals surface area (Å²) in [5, 5.41) is 28.7. The molecule has 1 aromatic heterocycles. The highest BCUT2D eigenvalue weighted by atomic mass is 32.2. The Kier molecular flexibility index (Phi) is 8.34. The van der Waals surface area contributed by atoms with Gasteiger partial charge in [-0.3, -0.25) is 33.4 Å². The number of aromatic nitrogens is 1. The van der Waals surface area contributed by atoms with Crippen molar-refractivity contribution in [3.8, 4) is 0 Å². The lowest BCUT2D eigenvalue weighted by atomic mass is 10.0. The van der Waals surface area contributed by atoms with Gasteiger partial charge in [0.25, 0.3) is 11.5 Å². The number of thioether (sulfide) groups is 2. The monoisotopic (exact) mass is 607 g/mol. The Bertz CT molecular complexity index is 1640. The Labute approximate surface area is 238 Å². The van der Waals surface area contributed by atoms with Crippen molar-refractivity contribution in [2.24, 2.45) is 5.92 Å². The number of benzene rings is 1. The Hall–Kier alpha value is -3.40. The molecule has 3 heterocycles. The minimum atomic E-state index is -1.30. The number of hydrogen-bond acceptors (Lipinski definition) is 10. The average Bonchev–Trinajstić information content (AvgIpc) is 3.44. The third-order valence-corrected chi connectivity index (χ3v) is 9.52. The zero-order valence-corrected chi connectivity index (χ0v) is 23.7. The third kappa shape index (κ3) is 5.80. The first kappa shape index (κ1) is 28.6. The zero-order valence-electron chi connectivity index (χ0n) is 20.4. The lowest BCUT2D eigenvalue weighted by Crippen LogP contribution is -2.37. The van der Waals surface area contributed by atoms with Gasteiger partial charge in [0.15, 0.2) is 0 Å². The number of aliphatic carboxylic acids is 3. The van der Waals surface area contributed by atoms with E-state index in [1.165, 1.54) is 11.8 Å². The topological polar surface area (TPSA) is 157 Å². The van der Waals surface area contributed by atoms with Crippen LogP contribution in [0.2, 0.25) is 0 Å². The molecule has 3 N–H and O–H groups in total. The fourth-order valence-electron chi connectivity index (χ4n) is 3.92. The first-order valence-electron chi connectivity index (χ1n) is 11.3. The number of carboxylic acids is 3. The predicted molar refractivity (Wildman–Crippen MR) is 152 cm³/mol. The van der Waals surface area contributed by atoms with Gasteiger partial charge in [0.2, 0.25) is 0 Å². The van der Waals surface area contributed by atoms with Gasteiger partial charge in [-0.1, -0.05) is 61.7 Å². The minimum Gasteiger partial charge on any atom is -0.480 e. The van der Waals surface area contributed by atoms with Gasteiger partial charge in [-0.25, -0.2) is 0 Å². The van der Waals surface area contributed by atoms with E-state index in [9.17, 15) is 34.2 Å². The Morgan fingerprint density at radius 2 is 1.56 bits per heavy atom. The molecule has 1 fully saturated rings. The van der Waals surface area contributed by atoms with Gasteiger partial charge in [0.05, 0.1) is 15.2 Å². The molecule has 0 spiro atoms. The first-order chi connectivity index (χ1) is 18.4. The molecular weight excluding hydrogens is 587 g/mol. The van der Waals surface area contributed by atoms with Crippen LogP contribution in [0.15, 0.2) is 45.1 Å². The van der Waals surface area contributed by atoms with Crippen molar-refractivity contribution in [3.63, 3.8) is 0 Å². The molecule has 0 atom stereocenters. The molecule has 2 aliphatic heterocycles. The van der Waals surface area contributed by atoms with Gasteiger partial charge >= 0.3 is 17.9 Å². The number of nitrogens with zero attached hydrogens (tertiary/aromatic N) is 3. The van der Waals surface area contributed by atoms with E-state index in [1.54, 1.807) is 23.1 Å². The van der Waals surface area contributed by atoms with Crippen LogP contribution in [0.25, 0.3) is 10.5 Å². The molecule has 0 bridgehead atoms. The van der Waals surface area contributed by atoms with Gasteiger partial charge in [-0.05, 0) is 29.7 Å². The maximum Gasteiger partial charge on any atom is 0.323 e. The summed E-state index contributed by atoms with van der Waals surface area (Å²) in [5.74, 6) is -4.58. The average molecular weight is 608 g/mol. The fourth-order valence-corrected chi connectivity index (χ4v) is 7.75. The Morgan fingerprint density at radius 1 is 0.949 bits per heavy atom. The van der Waals surface area contributed by atoms with Crippen molar-refractivity contribution >= 4 is 91.4 Å². The van der Waals surface area contributed by atoms with Gasteiger partial charge in [-0.15, -0.1) is 11.3 Å². The summed E-state index contributed by atoms with van der Waals surface area (Å²) in [5.41, 5.74) is 0.610. The number of para-hydroxylation sites is 1. The van der Waals surface area contributed by atoms with Gasteiger partial charge in [0.1, 0.15) is 33.5 Å². The van der Waals surface area contributed by atoms with Crippen molar-refractivity contribution in [2.75, 3.05) is 18.0 Å². The molecule has 204 valence electrons. The lowest BCUT2D eigenvalue weighted by Gasteiger charge is -2.19. The molecule has 0 radical (unpaired) electrons. The number of hydrogen-bond donors (Lipinski definition) is 3. The molecule has 39 heavy (non-hydrogen) atoms. The van der Waals surface area contributed by atoms with Gasteiger partial charge in [-0.2, -0.15) is 0 Å². The maximum absolute atomic E-state index is 13.6. The van der Waals surface area contributed by atoms with Crippen LogP contribution in [0.1, 0.15) is 13.8 Å². The second-order valence-corrected chi connectivity index (χ2v) is 12.4. The van der Waals surface area contributed by atoms with E-state index in [0.717, 1.165) is 37.5 Å². The summed E-state index contributed by atoms with van der Waals surface area (Å²) in [4.78, 5) is 64.5. The number of fused-ring (bicyclic) bond motifs is 1. The summed E-state index contributed by atoms with van der Waals surface area (Å²) in [6.07, 6.45) is 1.72. The summed E-state index contributed by atoms with van der Waals surface area (Å²) < 4.78 is 1.20. The van der Waals surface area contributed by atoms with Gasteiger partial charge in [0, 0.05) is 4.90 Å². The SMILES string of the molecule is CC(C)C(/C=C1\Sc2ccccc2N1CC(=O)O)=c1\s/c(=C2\SC(=S)N(CC(=O)O)C2=O)n(CC(=O)O)c1=O. The maximum atomic E-state index is 13.6. The lowest BCUT2D eigenvalue weighted by molar-refractivity contribution is -0.140. The highest BCUT2D eigenvalue weighted by Gasteiger charge is 2.36. The van der Waals surface area contributed by atoms with E-state index in [2.05, 4.69) is 0 Å². The number of thiocarbonyl (C=S) groups is 1. The molecule has 1 amide bonds. The van der Waals surface area contributed by atoms with E-state index < -0.39 is 42.5 Å². The second-order valence-electron chi connectivity index (χ2n) is 8.65. The molecule has 15 heteroatoms. The number of thiazole rings is 1. The van der Waals surface area contributed by atoms with Crippen molar-refractivity contribution < 1.29 is 34.5 Å². The summed E-state index contributed by atoms with van der Waals surface area (Å²) in [6, 6.07) is 7.29. The van der Waals surface area contributed by atoms with Crippen LogP contribution in [-0.4, -0.2) is 66.0 Å². The molecule has 1 saturated heterocycles. The molecule has 4 rings (SSSR count). The number of anilines is 1. The van der Waals surface area contributed by atoms with Crippen LogP contribution >= 0.6 is 47.1 Å². The normalized spacial score (nSPS) is 18.3. The first-order valence-corrected chi connectivity index (χ1v) is 14.2. The van der Waals surface area contributed by atoms with Crippen LogP contribution in [0.4, 0.5) is 5.69 Å². The second kappa shape index (κ2) is 11.4. The molecule has 0 unspecified atom stereocenters. The molecule has 2 aromatic rings. The fraction of sp³-hybridized carbons (Fsp3) is 0.250. The third-order valence-electron chi connectivity index (χ3n) is 5.61. The van der Waals surface area contributed by atoms with E-state index in [1.807, 2.05) is 26.0 Å². The molecular formula is C24H21N3O8S4. The summed E-state index contributed by atoms with van der Waals surface area (Å²) >= 11 is 8.24. The van der Waals surface area contributed by atoms with E-state index in [4.69, 9.17) is 17.3 Å². The number of carbonyl (C=O) groups is 4. The van der Waals surface area contributed by atoms with Crippen molar-refractivity contribution in [1.82, 2.24) is 9.47 Å². The number of amides is 1. The van der Waals surface area contributed by atoms with Gasteiger partial charge < -0.3 is 20.2 Å². The number of allylic oxidation sites excluding steroid dienone is 1. The smallest absolute Gasteiger partial charge is 0.323 e. The van der Waals surface area contributed by atoms with E-state index in [-0.39, 0.29) is 30.9 Å². The molecule has 2 aliphatic rings. The number of carboxylic acid groups (broad SMARTS) is 3. The Balaban J connectivity index is 1.98. The zero-order chi connectivity index (χ0) is 28.6. The molecule has 1 aromatic carbocycles. The summed E-state index contributed by atoms with van der Waals surface area (Å²) in [7, 11) is 0. The van der Waals surface area contributed by atoms with Crippen molar-refractivity contribution in [1.29, 1.82) is 0 Å². The molecule has 0 aliphatic carbocycles.